The summed E-state index contributed by atoms with van der Waals surface area (Å²) in [7, 11) is 0. The predicted octanol–water partition coefficient (Wildman–Crippen LogP) is 23.6. The van der Waals surface area contributed by atoms with Crippen molar-refractivity contribution in [3.8, 4) is 70.0 Å². The predicted molar refractivity (Wildman–Crippen MR) is 372 cm³/mol. The molecular formula is C70H80N2O6S8. The highest BCUT2D eigenvalue weighted by Crippen LogP contribution is 2.57. The molecule has 2 unspecified atom stereocenters. The maximum absolute atomic E-state index is 14.5. The van der Waals surface area contributed by atoms with Crippen molar-refractivity contribution in [1.29, 1.82) is 0 Å². The van der Waals surface area contributed by atoms with Crippen LogP contribution in [0.15, 0.2) is 71.4 Å². The van der Waals surface area contributed by atoms with Crippen LogP contribution in [-0.2, 0) is 0 Å². The van der Waals surface area contributed by atoms with Crippen LogP contribution in [0.3, 0.4) is 0 Å². The Hall–Kier alpha value is -4.78. The maximum atomic E-state index is 14.5. The number of fused-ring (bicyclic) bond motifs is 4. The van der Waals surface area contributed by atoms with Crippen LogP contribution in [0.5, 0.6) is 11.5 Å². The molecule has 454 valence electrons. The van der Waals surface area contributed by atoms with E-state index in [0.29, 0.717) is 60.4 Å². The molecule has 8 nitrogen and oxygen atoms in total. The van der Waals surface area contributed by atoms with Crippen molar-refractivity contribution in [2.45, 2.75) is 170 Å². The molecule has 0 bridgehead atoms. The molecule has 0 saturated carbocycles. The van der Waals surface area contributed by atoms with Gasteiger partial charge in [0.05, 0.1) is 64.4 Å². The largest absolute Gasteiger partial charge is 0.491 e. The molecule has 9 aromatic rings. The lowest BCUT2D eigenvalue weighted by Crippen LogP contribution is -2.31. The Morgan fingerprint density at radius 2 is 0.744 bits per heavy atom. The summed E-state index contributed by atoms with van der Waals surface area (Å²) in [5.74, 6) is 1.92. The number of unbranched alkanes of at least 4 members (excludes halogenated alkanes) is 12. The van der Waals surface area contributed by atoms with Crippen LogP contribution in [-0.4, -0.2) is 59.7 Å². The molecule has 2 aliphatic heterocycles. The van der Waals surface area contributed by atoms with Gasteiger partial charge < -0.3 is 9.47 Å². The minimum Gasteiger partial charge on any atom is -0.491 e. The van der Waals surface area contributed by atoms with Gasteiger partial charge in [0.2, 0.25) is 0 Å². The molecule has 0 spiro atoms. The Labute approximate surface area is 540 Å². The Bertz CT molecular complexity index is 3490. The second kappa shape index (κ2) is 29.2. The minimum atomic E-state index is -0.171. The standard InChI is InChI=1S/C70H80N2O6S8/c1-7-13-17-19-21-23-35-71-67(73)55-57(69(71)75)65(85-63(55)49-29-25-37-79-49)51-33-31-47(81-51)53-39-45-59(77-41-43(11-5)27-15-9-3)62-46(60(61(45)83-53)78-42-44(12-6)28-16-10-4)40-54(84-62)48-32-34-52(82-48)66-58-56(64(86-66)50-30-26-38-80-50)68(74)72(70(58)76)36-24-22-20-18-14-8-2/h25-26,29-34,37-40,43-44H,7-24,27-28,35-36,41-42H2,1-6H3. The number of thiophene rings is 8. The first-order valence-electron chi connectivity index (χ1n) is 31.7. The molecule has 0 radical (unpaired) electrons. The number of ether oxygens (including phenoxy) is 2. The minimum absolute atomic E-state index is 0.165. The van der Waals surface area contributed by atoms with Gasteiger partial charge in [0.15, 0.2) is 0 Å². The zero-order valence-corrected chi connectivity index (χ0v) is 57.2. The van der Waals surface area contributed by atoms with Crippen molar-refractivity contribution in [2.24, 2.45) is 11.8 Å². The van der Waals surface area contributed by atoms with Gasteiger partial charge in [-0.2, -0.15) is 0 Å². The molecule has 2 aliphatic rings. The smallest absolute Gasteiger partial charge is 0.263 e. The third-order valence-corrected chi connectivity index (χ3v) is 26.8. The van der Waals surface area contributed by atoms with Gasteiger partial charge in [-0.1, -0.05) is 156 Å². The quantitative estimate of drug-likeness (QED) is 0.0295. The Morgan fingerprint density at radius 1 is 0.384 bits per heavy atom. The van der Waals surface area contributed by atoms with Gasteiger partial charge in [-0.25, -0.2) is 0 Å². The normalized spacial score (nSPS) is 14.1. The van der Waals surface area contributed by atoms with E-state index in [-0.39, 0.29) is 23.6 Å². The summed E-state index contributed by atoms with van der Waals surface area (Å²) in [6.07, 6.45) is 21.9. The van der Waals surface area contributed by atoms with Crippen LogP contribution in [0.25, 0.3) is 78.7 Å². The fourth-order valence-electron chi connectivity index (χ4n) is 12.0. The molecule has 10 heterocycles. The highest BCUT2D eigenvalue weighted by atomic mass is 32.1. The SMILES string of the molecule is CCCCCCCCN1C(=O)c2c(-c3cccs3)sc(-c3ccc(-c4cc5c(OCC(CC)CCCC)c6sc(-c7ccc(-c8sc(-c9cccs9)c9c8C(=O)N(CCCCCCCC)C9=O)s7)cc6c(OCC(CC)CCCC)c5s4)s3)c2C1=O. The molecule has 86 heavy (non-hydrogen) atoms. The van der Waals surface area contributed by atoms with Crippen LogP contribution in [0.2, 0.25) is 0 Å². The van der Waals surface area contributed by atoms with Crippen molar-refractivity contribution in [1.82, 2.24) is 9.80 Å². The summed E-state index contributed by atoms with van der Waals surface area (Å²) in [4.78, 5) is 72.6. The molecule has 0 saturated heterocycles. The molecule has 4 amide bonds. The molecule has 8 aromatic heterocycles. The third kappa shape index (κ3) is 13.0. The number of rotatable bonds is 34. The Kier molecular flexibility index (Phi) is 21.4. The van der Waals surface area contributed by atoms with E-state index in [1.807, 2.05) is 22.9 Å². The monoisotopic (exact) mass is 1300 g/mol. The van der Waals surface area contributed by atoms with Gasteiger partial charge in [0.1, 0.15) is 11.5 Å². The molecule has 11 rings (SSSR count). The van der Waals surface area contributed by atoms with Gasteiger partial charge in [0.25, 0.3) is 23.6 Å². The summed E-state index contributed by atoms with van der Waals surface area (Å²) in [6, 6.07) is 21.4. The number of hydrogen-bond acceptors (Lipinski definition) is 14. The highest BCUT2D eigenvalue weighted by Gasteiger charge is 2.44. The third-order valence-electron chi connectivity index (χ3n) is 17.1. The van der Waals surface area contributed by atoms with Crippen LogP contribution >= 0.6 is 90.7 Å². The fraction of sp³-hybridized carbons (Fsp3) is 0.457. The van der Waals surface area contributed by atoms with Gasteiger partial charge in [-0.3, -0.25) is 29.0 Å². The summed E-state index contributed by atoms with van der Waals surface area (Å²) in [5, 5.41) is 6.17. The van der Waals surface area contributed by atoms with E-state index in [0.717, 1.165) is 180 Å². The van der Waals surface area contributed by atoms with Crippen LogP contribution in [0, 0.1) is 11.8 Å². The van der Waals surface area contributed by atoms with Crippen molar-refractivity contribution in [3.63, 3.8) is 0 Å². The van der Waals surface area contributed by atoms with Crippen molar-refractivity contribution in [3.05, 3.63) is 93.7 Å². The van der Waals surface area contributed by atoms with E-state index in [1.54, 1.807) is 90.7 Å². The van der Waals surface area contributed by atoms with E-state index >= 15 is 0 Å². The summed E-state index contributed by atoms with van der Waals surface area (Å²) in [6.45, 7) is 15.6. The molecule has 16 heteroatoms. The van der Waals surface area contributed by atoms with Gasteiger partial charge in [-0.05, 0) is 96.8 Å². The second-order valence-corrected chi connectivity index (χ2v) is 31.4. The van der Waals surface area contributed by atoms with Crippen LogP contribution < -0.4 is 9.47 Å². The first kappa shape index (κ1) is 62.8. The topological polar surface area (TPSA) is 93.2 Å². The average Bonchev–Trinajstić information content (AvgIpc) is 1.78. The lowest BCUT2D eigenvalue weighted by atomic mass is 10.0. The number of imide groups is 2. The molecule has 2 atom stereocenters. The van der Waals surface area contributed by atoms with Crippen LogP contribution in [0.1, 0.15) is 211 Å². The molecule has 0 aliphatic carbocycles. The number of benzene rings is 1. The highest BCUT2D eigenvalue weighted by molar-refractivity contribution is 7.31. The number of carbonyl (C=O) groups is 4. The number of nitrogens with zero attached hydrogens (tertiary/aromatic N) is 2. The van der Waals surface area contributed by atoms with E-state index < -0.39 is 0 Å². The number of hydrogen-bond donors (Lipinski definition) is 0. The van der Waals surface area contributed by atoms with Crippen molar-refractivity contribution >= 4 is 134 Å². The van der Waals surface area contributed by atoms with E-state index in [4.69, 9.17) is 9.47 Å². The van der Waals surface area contributed by atoms with E-state index in [1.165, 1.54) is 48.3 Å². The lowest BCUT2D eigenvalue weighted by molar-refractivity contribution is 0.0636. The average molecular weight is 1300 g/mol. The summed E-state index contributed by atoms with van der Waals surface area (Å²) >= 11 is 13.2. The van der Waals surface area contributed by atoms with Gasteiger partial charge in [0, 0.05) is 62.9 Å². The van der Waals surface area contributed by atoms with Crippen LogP contribution in [0.4, 0.5) is 0 Å². The fourth-order valence-corrected chi connectivity index (χ4v) is 21.1. The second-order valence-electron chi connectivity index (χ2n) is 23.2. The first-order valence-corrected chi connectivity index (χ1v) is 38.4. The Morgan fingerprint density at radius 3 is 1.10 bits per heavy atom. The lowest BCUT2D eigenvalue weighted by Gasteiger charge is -2.19. The van der Waals surface area contributed by atoms with E-state index in [9.17, 15) is 19.2 Å². The number of carbonyl (C=O) groups excluding carboxylic acids is 4. The summed E-state index contributed by atoms with van der Waals surface area (Å²) in [5.41, 5.74) is 2.23. The van der Waals surface area contributed by atoms with Crippen molar-refractivity contribution in [2.75, 3.05) is 26.3 Å². The Balaban J connectivity index is 0.983. The molecule has 0 N–H and O–H groups in total. The van der Waals surface area contributed by atoms with E-state index in [2.05, 4.69) is 90.1 Å². The molecular weight excluding hydrogens is 1220 g/mol. The summed E-state index contributed by atoms with van der Waals surface area (Å²) < 4.78 is 16.6. The maximum Gasteiger partial charge on any atom is 0.263 e. The number of amides is 4. The molecule has 1 aromatic carbocycles. The van der Waals surface area contributed by atoms with Crippen molar-refractivity contribution < 1.29 is 28.7 Å². The zero-order chi connectivity index (χ0) is 59.8. The van der Waals surface area contributed by atoms with Gasteiger partial charge in [-0.15, -0.1) is 90.7 Å². The molecule has 0 fully saturated rings. The van der Waals surface area contributed by atoms with Gasteiger partial charge >= 0.3 is 0 Å². The zero-order valence-electron chi connectivity index (χ0n) is 50.7. The first-order chi connectivity index (χ1) is 42.1.